The van der Waals surface area contributed by atoms with Crippen LogP contribution < -0.4 is 5.32 Å². The molecule has 0 aromatic heterocycles. The van der Waals surface area contributed by atoms with Gasteiger partial charge in [0.2, 0.25) is 0 Å². The van der Waals surface area contributed by atoms with Crippen LogP contribution in [0, 0.1) is 11.8 Å². The summed E-state index contributed by atoms with van der Waals surface area (Å²) in [5.41, 5.74) is 1.24. The fourth-order valence-corrected chi connectivity index (χ4v) is 1.91. The summed E-state index contributed by atoms with van der Waals surface area (Å²) in [6.45, 7) is 17.5. The lowest BCUT2D eigenvalue weighted by Gasteiger charge is -2.24. The Morgan fingerprint density at radius 2 is 1.73 bits per heavy atom. The molecule has 0 bridgehead atoms. The van der Waals surface area contributed by atoms with Crippen LogP contribution in [-0.4, -0.2) is 31.3 Å². The first kappa shape index (κ1) is 20.2. The van der Waals surface area contributed by atoms with Crippen molar-refractivity contribution in [2.45, 2.75) is 47.1 Å². The van der Waals surface area contributed by atoms with Gasteiger partial charge in [-0.15, -0.1) is 0 Å². The van der Waals surface area contributed by atoms with E-state index in [2.05, 4.69) is 32.3 Å². The zero-order valence-electron chi connectivity index (χ0n) is 14.4. The van der Waals surface area contributed by atoms with E-state index in [1.807, 2.05) is 13.8 Å². The van der Waals surface area contributed by atoms with Gasteiger partial charge in [-0.25, -0.2) is 9.59 Å². The molecule has 0 fully saturated rings. The average Bonchev–Trinajstić information content (AvgIpc) is 2.39. The molecule has 0 saturated heterocycles. The van der Waals surface area contributed by atoms with Crippen LogP contribution in [0.2, 0.25) is 0 Å². The van der Waals surface area contributed by atoms with Crippen molar-refractivity contribution in [1.82, 2.24) is 5.32 Å². The number of hydrogen-bond acceptors (Lipinski definition) is 4. The Labute approximate surface area is 133 Å². The molecule has 5 heteroatoms. The van der Waals surface area contributed by atoms with Gasteiger partial charge in [0, 0.05) is 5.57 Å². The highest BCUT2D eigenvalue weighted by Crippen LogP contribution is 2.21. The number of amides is 1. The summed E-state index contributed by atoms with van der Waals surface area (Å²) in [5, 5.41) is 2.56. The van der Waals surface area contributed by atoms with Crippen LogP contribution in [0.3, 0.4) is 0 Å². The second-order valence-corrected chi connectivity index (χ2v) is 6.17. The van der Waals surface area contributed by atoms with Crippen molar-refractivity contribution < 1.29 is 19.1 Å². The molecule has 1 unspecified atom stereocenters. The summed E-state index contributed by atoms with van der Waals surface area (Å²) < 4.78 is 10.3. The first-order valence-corrected chi connectivity index (χ1v) is 7.59. The predicted molar refractivity (Wildman–Crippen MR) is 87.5 cm³/mol. The van der Waals surface area contributed by atoms with E-state index >= 15 is 0 Å². The fourth-order valence-electron chi connectivity index (χ4n) is 1.91. The van der Waals surface area contributed by atoms with Gasteiger partial charge in [0.05, 0.1) is 6.54 Å². The molecule has 0 aromatic carbocycles. The van der Waals surface area contributed by atoms with Crippen LogP contribution in [0.15, 0.2) is 24.3 Å². The lowest BCUT2D eigenvalue weighted by molar-refractivity contribution is -0.138. The molecule has 126 valence electrons. The molecule has 22 heavy (non-hydrogen) atoms. The number of nitrogens with one attached hydrogen (secondary N) is 1. The Kier molecular flexibility index (Phi) is 9.22. The van der Waals surface area contributed by atoms with Gasteiger partial charge in [0.15, 0.2) is 0 Å². The third-order valence-electron chi connectivity index (χ3n) is 2.87. The molecule has 0 radical (unpaired) electrons. The molecule has 0 spiro atoms. The van der Waals surface area contributed by atoms with Crippen molar-refractivity contribution in [3.8, 4) is 0 Å². The normalized spacial score (nSPS) is 12.0. The molecule has 0 rings (SSSR count). The SMILES string of the molecule is C=C(C)C(=O)OCCNC(=O)OC(C(=C)CC(C)C)C(C)C. The van der Waals surface area contributed by atoms with E-state index in [0.717, 1.165) is 12.0 Å². The van der Waals surface area contributed by atoms with Crippen molar-refractivity contribution in [1.29, 1.82) is 0 Å². The van der Waals surface area contributed by atoms with Crippen molar-refractivity contribution in [3.63, 3.8) is 0 Å². The number of alkyl carbamates (subject to hydrolysis) is 1. The maximum Gasteiger partial charge on any atom is 0.407 e. The van der Waals surface area contributed by atoms with Crippen LogP contribution in [0.4, 0.5) is 4.79 Å². The Morgan fingerprint density at radius 1 is 1.14 bits per heavy atom. The minimum atomic E-state index is -0.532. The maximum atomic E-state index is 11.8. The van der Waals surface area contributed by atoms with Gasteiger partial charge in [-0.3, -0.25) is 0 Å². The quantitative estimate of drug-likeness (QED) is 0.306. The predicted octanol–water partition coefficient (Wildman–Crippen LogP) is 3.46. The van der Waals surface area contributed by atoms with Gasteiger partial charge in [-0.1, -0.05) is 40.9 Å². The minimum Gasteiger partial charge on any atom is -0.460 e. The van der Waals surface area contributed by atoms with E-state index in [0.29, 0.717) is 11.5 Å². The molecule has 0 heterocycles. The average molecular weight is 311 g/mol. The molecule has 1 N–H and O–H groups in total. The van der Waals surface area contributed by atoms with Crippen LogP contribution in [0.5, 0.6) is 0 Å². The van der Waals surface area contributed by atoms with Crippen LogP contribution >= 0.6 is 0 Å². The first-order valence-electron chi connectivity index (χ1n) is 7.59. The van der Waals surface area contributed by atoms with E-state index in [-0.39, 0.29) is 25.2 Å². The van der Waals surface area contributed by atoms with Crippen molar-refractivity contribution in [3.05, 3.63) is 24.3 Å². The zero-order valence-corrected chi connectivity index (χ0v) is 14.4. The molecule has 1 atom stereocenters. The van der Waals surface area contributed by atoms with Gasteiger partial charge in [-0.2, -0.15) is 0 Å². The number of carbonyl (C=O) groups excluding carboxylic acids is 2. The highest BCUT2D eigenvalue weighted by atomic mass is 16.6. The molecule has 0 aliphatic heterocycles. The van der Waals surface area contributed by atoms with Crippen LogP contribution in [-0.2, 0) is 14.3 Å². The fraction of sp³-hybridized carbons (Fsp3) is 0.647. The third-order valence-corrected chi connectivity index (χ3v) is 2.87. The highest BCUT2D eigenvalue weighted by Gasteiger charge is 2.22. The summed E-state index contributed by atoms with van der Waals surface area (Å²) >= 11 is 0. The molecule has 1 amide bonds. The number of carbonyl (C=O) groups is 2. The minimum absolute atomic E-state index is 0.0834. The Balaban J connectivity index is 4.22. The Morgan fingerprint density at radius 3 is 2.18 bits per heavy atom. The first-order chi connectivity index (χ1) is 10.1. The molecule has 0 aliphatic carbocycles. The molecular weight excluding hydrogens is 282 g/mol. The zero-order chi connectivity index (χ0) is 17.3. The van der Waals surface area contributed by atoms with Gasteiger partial charge in [-0.05, 0) is 30.8 Å². The van der Waals surface area contributed by atoms with Gasteiger partial charge in [0.25, 0.3) is 0 Å². The summed E-state index contributed by atoms with van der Waals surface area (Å²) in [7, 11) is 0. The second kappa shape index (κ2) is 10.0. The number of hydrogen-bond donors (Lipinski definition) is 1. The summed E-state index contributed by atoms with van der Waals surface area (Å²) in [6, 6.07) is 0. The lowest BCUT2D eigenvalue weighted by atomic mass is 9.93. The van der Waals surface area contributed by atoms with E-state index < -0.39 is 12.1 Å². The van der Waals surface area contributed by atoms with Crippen molar-refractivity contribution in [2.75, 3.05) is 13.2 Å². The van der Waals surface area contributed by atoms with Crippen molar-refractivity contribution in [2.24, 2.45) is 11.8 Å². The van der Waals surface area contributed by atoms with Crippen molar-refractivity contribution >= 4 is 12.1 Å². The van der Waals surface area contributed by atoms with E-state index in [1.54, 1.807) is 6.92 Å². The van der Waals surface area contributed by atoms with Crippen LogP contribution in [0.25, 0.3) is 0 Å². The highest BCUT2D eigenvalue weighted by molar-refractivity contribution is 5.86. The standard InChI is InChI=1S/C17H29NO4/c1-11(2)10-14(7)15(12(3)4)22-17(20)18-8-9-21-16(19)13(5)6/h11-12,15H,5,7-10H2,1-4,6H3,(H,18,20). The monoisotopic (exact) mass is 311 g/mol. The van der Waals surface area contributed by atoms with E-state index in [9.17, 15) is 9.59 Å². The number of ether oxygens (including phenoxy) is 2. The molecule has 0 aromatic rings. The van der Waals surface area contributed by atoms with Gasteiger partial charge >= 0.3 is 12.1 Å². The molecule has 0 aliphatic rings. The van der Waals surface area contributed by atoms with E-state index in [4.69, 9.17) is 9.47 Å². The summed E-state index contributed by atoms with van der Waals surface area (Å²) in [4.78, 5) is 23.0. The maximum absolute atomic E-state index is 11.8. The molecular formula is C17H29NO4. The van der Waals surface area contributed by atoms with Crippen LogP contribution in [0.1, 0.15) is 41.0 Å². The molecule has 5 nitrogen and oxygen atoms in total. The number of esters is 1. The summed E-state index contributed by atoms with van der Waals surface area (Å²) in [5.74, 6) is 0.140. The largest absolute Gasteiger partial charge is 0.460 e. The van der Waals surface area contributed by atoms with Gasteiger partial charge < -0.3 is 14.8 Å². The summed E-state index contributed by atoms with van der Waals surface area (Å²) in [6.07, 6.45) is -0.0397. The molecule has 0 saturated carbocycles. The smallest absolute Gasteiger partial charge is 0.407 e. The van der Waals surface area contributed by atoms with E-state index in [1.165, 1.54) is 0 Å². The Hall–Kier alpha value is -1.78. The third kappa shape index (κ3) is 8.49. The second-order valence-electron chi connectivity index (χ2n) is 6.17. The topological polar surface area (TPSA) is 64.6 Å². The lowest BCUT2D eigenvalue weighted by Crippen LogP contribution is -2.34. The Bertz CT molecular complexity index is 413. The van der Waals surface area contributed by atoms with Gasteiger partial charge in [0.1, 0.15) is 12.7 Å². The number of rotatable bonds is 9.